The Balaban J connectivity index is 1.22. The van der Waals surface area contributed by atoms with E-state index in [2.05, 4.69) is 9.88 Å². The standard InChI is InChI=1S/C19H26ClN3O3S/c1-13-17(2-3-18(20)21-13)27(24,25)22-6-4-19(5-7-22)9-15(10-19)23-11-16-8-14(23)12-26-16/h2-3,14-16H,4-12H2,1H3/t14-,16-/m1/s1. The number of pyridine rings is 1. The van der Waals surface area contributed by atoms with Crippen LogP contribution in [0.3, 0.4) is 0 Å². The molecule has 0 N–H and O–H groups in total. The van der Waals surface area contributed by atoms with Crippen molar-refractivity contribution in [2.45, 2.75) is 62.1 Å². The number of aromatic nitrogens is 1. The molecule has 0 unspecified atom stereocenters. The number of halogens is 1. The molecule has 2 atom stereocenters. The predicted molar refractivity (Wildman–Crippen MR) is 102 cm³/mol. The van der Waals surface area contributed by atoms with E-state index >= 15 is 0 Å². The van der Waals surface area contributed by atoms with Crippen LogP contribution in [-0.4, -0.2) is 67.0 Å². The summed E-state index contributed by atoms with van der Waals surface area (Å²) in [6.45, 7) is 4.90. The van der Waals surface area contributed by atoms with E-state index in [0.717, 1.165) is 26.0 Å². The van der Waals surface area contributed by atoms with Gasteiger partial charge in [0.25, 0.3) is 0 Å². The molecule has 1 spiro atoms. The lowest BCUT2D eigenvalue weighted by Gasteiger charge is -2.55. The van der Waals surface area contributed by atoms with Crippen molar-refractivity contribution in [2.75, 3.05) is 26.2 Å². The van der Waals surface area contributed by atoms with Crippen molar-refractivity contribution >= 4 is 21.6 Å². The summed E-state index contributed by atoms with van der Waals surface area (Å²) in [6.07, 6.45) is 6.00. The summed E-state index contributed by atoms with van der Waals surface area (Å²) in [4.78, 5) is 7.05. The SMILES string of the molecule is Cc1nc(Cl)ccc1S(=O)(=O)N1CCC2(CC1)CC(N1C[C@H]3C[C@@H]1CO3)C2. The number of hydrogen-bond donors (Lipinski definition) is 0. The van der Waals surface area contributed by atoms with Gasteiger partial charge in [-0.1, -0.05) is 11.6 Å². The van der Waals surface area contributed by atoms with Crippen LogP contribution in [-0.2, 0) is 14.8 Å². The Morgan fingerprint density at radius 1 is 1.22 bits per heavy atom. The number of piperidine rings is 1. The van der Waals surface area contributed by atoms with E-state index in [1.54, 1.807) is 23.4 Å². The minimum absolute atomic E-state index is 0.280. The van der Waals surface area contributed by atoms with Crippen LogP contribution in [0, 0.1) is 12.3 Å². The number of sulfonamides is 1. The van der Waals surface area contributed by atoms with E-state index in [0.29, 0.717) is 47.5 Å². The second kappa shape index (κ2) is 6.39. The molecule has 8 heteroatoms. The highest BCUT2D eigenvalue weighted by Crippen LogP contribution is 2.53. The molecule has 4 fully saturated rings. The maximum absolute atomic E-state index is 13.0. The van der Waals surface area contributed by atoms with Crippen LogP contribution in [0.1, 0.15) is 37.8 Å². The normalized spacial score (nSPS) is 31.5. The van der Waals surface area contributed by atoms with Crippen molar-refractivity contribution in [1.82, 2.24) is 14.2 Å². The molecule has 3 saturated heterocycles. The van der Waals surface area contributed by atoms with Crippen LogP contribution in [0.2, 0.25) is 5.15 Å². The molecule has 148 valence electrons. The molecule has 0 aromatic carbocycles. The molecule has 0 radical (unpaired) electrons. The third-order valence-corrected chi connectivity index (χ3v) is 9.40. The molecule has 6 nitrogen and oxygen atoms in total. The second-order valence-electron chi connectivity index (χ2n) is 8.73. The zero-order valence-corrected chi connectivity index (χ0v) is 17.2. The average molecular weight is 412 g/mol. The van der Waals surface area contributed by atoms with Gasteiger partial charge in [0.05, 0.1) is 18.4 Å². The van der Waals surface area contributed by atoms with Gasteiger partial charge in [-0.15, -0.1) is 0 Å². The van der Waals surface area contributed by atoms with Gasteiger partial charge in [-0.2, -0.15) is 4.31 Å². The number of fused-ring (bicyclic) bond motifs is 2. The van der Waals surface area contributed by atoms with Crippen LogP contribution in [0.5, 0.6) is 0 Å². The van der Waals surface area contributed by atoms with Gasteiger partial charge >= 0.3 is 0 Å². The van der Waals surface area contributed by atoms with Crippen LogP contribution in [0.15, 0.2) is 17.0 Å². The summed E-state index contributed by atoms with van der Waals surface area (Å²) in [5.41, 5.74) is 0.810. The second-order valence-corrected chi connectivity index (χ2v) is 11.0. The van der Waals surface area contributed by atoms with Crippen LogP contribution >= 0.6 is 11.6 Å². The van der Waals surface area contributed by atoms with Crippen molar-refractivity contribution in [3.05, 3.63) is 23.0 Å². The Labute approximate surface area is 165 Å². The zero-order valence-electron chi connectivity index (χ0n) is 15.6. The molecular weight excluding hydrogens is 386 g/mol. The molecule has 3 aliphatic heterocycles. The lowest BCUT2D eigenvalue weighted by atomic mass is 9.60. The van der Waals surface area contributed by atoms with Crippen LogP contribution in [0.25, 0.3) is 0 Å². The maximum atomic E-state index is 13.0. The molecule has 1 aliphatic carbocycles. The highest BCUT2D eigenvalue weighted by molar-refractivity contribution is 7.89. The van der Waals surface area contributed by atoms with Gasteiger partial charge in [-0.3, -0.25) is 4.90 Å². The monoisotopic (exact) mass is 411 g/mol. The number of rotatable bonds is 3. The van der Waals surface area contributed by atoms with Gasteiger partial charge in [-0.05, 0) is 56.6 Å². The molecule has 1 aromatic heterocycles. The fourth-order valence-corrected chi connectivity index (χ4v) is 7.38. The molecule has 1 saturated carbocycles. The quantitative estimate of drug-likeness (QED) is 0.715. The van der Waals surface area contributed by atoms with Gasteiger partial charge in [-0.25, -0.2) is 13.4 Å². The number of aryl methyl sites for hydroxylation is 1. The first-order valence-electron chi connectivity index (χ1n) is 9.87. The van der Waals surface area contributed by atoms with Gasteiger partial charge in [0, 0.05) is 31.7 Å². The smallest absolute Gasteiger partial charge is 0.244 e. The third-order valence-electron chi connectivity index (χ3n) is 7.15. The predicted octanol–water partition coefficient (Wildman–Crippen LogP) is 2.45. The Bertz CT molecular complexity index is 846. The minimum atomic E-state index is -3.49. The molecule has 0 amide bonds. The van der Waals surface area contributed by atoms with E-state index < -0.39 is 10.0 Å². The lowest BCUT2D eigenvalue weighted by Crippen LogP contribution is -2.57. The molecular formula is C19H26ClN3O3S. The van der Waals surface area contributed by atoms with Gasteiger partial charge in [0.1, 0.15) is 10.0 Å². The highest BCUT2D eigenvalue weighted by atomic mass is 35.5. The molecule has 1 aromatic rings. The number of nitrogens with zero attached hydrogens (tertiary/aromatic N) is 3. The summed E-state index contributed by atoms with van der Waals surface area (Å²) in [6, 6.07) is 4.43. The number of likely N-dealkylation sites (tertiary alicyclic amines) is 1. The Hall–Kier alpha value is -0.730. The van der Waals surface area contributed by atoms with Crippen molar-refractivity contribution in [3.8, 4) is 0 Å². The maximum Gasteiger partial charge on any atom is 0.244 e. The lowest BCUT2D eigenvalue weighted by molar-refractivity contribution is -0.0690. The molecule has 4 aliphatic rings. The number of ether oxygens (including phenoxy) is 1. The van der Waals surface area contributed by atoms with Crippen molar-refractivity contribution < 1.29 is 13.2 Å². The van der Waals surface area contributed by atoms with Crippen molar-refractivity contribution in [2.24, 2.45) is 5.41 Å². The summed E-state index contributed by atoms with van der Waals surface area (Å²) >= 11 is 5.88. The summed E-state index contributed by atoms with van der Waals surface area (Å²) < 4.78 is 33.4. The van der Waals surface area contributed by atoms with E-state index in [1.807, 2.05) is 0 Å². The van der Waals surface area contributed by atoms with E-state index in [-0.39, 0.29) is 4.90 Å². The first-order chi connectivity index (χ1) is 12.9. The Morgan fingerprint density at radius 2 is 1.96 bits per heavy atom. The highest BCUT2D eigenvalue weighted by Gasteiger charge is 2.53. The molecule has 4 heterocycles. The van der Waals surface area contributed by atoms with E-state index in [4.69, 9.17) is 16.3 Å². The van der Waals surface area contributed by atoms with Crippen molar-refractivity contribution in [1.29, 1.82) is 0 Å². The van der Waals surface area contributed by atoms with E-state index in [9.17, 15) is 8.42 Å². The third kappa shape index (κ3) is 3.02. The molecule has 5 rings (SSSR count). The molecule has 2 bridgehead atoms. The summed E-state index contributed by atoms with van der Waals surface area (Å²) in [7, 11) is -3.49. The minimum Gasteiger partial charge on any atom is -0.375 e. The average Bonchev–Trinajstić information content (AvgIpc) is 3.22. The topological polar surface area (TPSA) is 62.7 Å². The Morgan fingerprint density at radius 3 is 2.56 bits per heavy atom. The summed E-state index contributed by atoms with van der Waals surface area (Å²) in [5, 5.41) is 0.325. The summed E-state index contributed by atoms with van der Waals surface area (Å²) in [5.74, 6) is 0. The zero-order chi connectivity index (χ0) is 18.8. The molecule has 27 heavy (non-hydrogen) atoms. The first kappa shape index (κ1) is 18.3. The van der Waals surface area contributed by atoms with Gasteiger partial charge in [0.15, 0.2) is 0 Å². The number of hydrogen-bond acceptors (Lipinski definition) is 5. The fourth-order valence-electron chi connectivity index (χ4n) is 5.59. The fraction of sp³-hybridized carbons (Fsp3) is 0.737. The number of morpholine rings is 1. The van der Waals surface area contributed by atoms with Gasteiger partial charge in [0.2, 0.25) is 10.0 Å². The largest absolute Gasteiger partial charge is 0.375 e. The Kier molecular flexibility index (Phi) is 4.33. The first-order valence-corrected chi connectivity index (χ1v) is 11.7. The van der Waals surface area contributed by atoms with Crippen LogP contribution in [0.4, 0.5) is 0 Å². The van der Waals surface area contributed by atoms with Crippen molar-refractivity contribution in [3.63, 3.8) is 0 Å². The van der Waals surface area contributed by atoms with E-state index in [1.165, 1.54) is 19.3 Å². The van der Waals surface area contributed by atoms with Crippen LogP contribution < -0.4 is 0 Å². The van der Waals surface area contributed by atoms with Gasteiger partial charge < -0.3 is 4.74 Å².